The Hall–Kier alpha value is -1.88. The highest BCUT2D eigenvalue weighted by atomic mass is 32.1. The SMILES string of the molecule is CCN(CCC(=O)O)c1nc(-c2ccc(C)cc2)c(C)s1. The molecule has 0 fully saturated rings. The molecule has 0 aliphatic carbocycles. The second-order valence-corrected chi connectivity index (χ2v) is 6.17. The third-order valence-electron chi connectivity index (χ3n) is 3.36. The van der Waals surface area contributed by atoms with E-state index in [9.17, 15) is 4.79 Å². The number of anilines is 1. The fourth-order valence-electron chi connectivity index (χ4n) is 2.12. The van der Waals surface area contributed by atoms with Crippen LogP contribution in [0.2, 0.25) is 0 Å². The lowest BCUT2D eigenvalue weighted by atomic mass is 10.1. The molecule has 112 valence electrons. The number of carbonyl (C=O) groups is 1. The van der Waals surface area contributed by atoms with Crippen molar-refractivity contribution in [1.82, 2.24) is 4.98 Å². The van der Waals surface area contributed by atoms with E-state index < -0.39 is 5.97 Å². The minimum atomic E-state index is -0.777. The van der Waals surface area contributed by atoms with Crippen molar-refractivity contribution < 1.29 is 9.90 Å². The van der Waals surface area contributed by atoms with Gasteiger partial charge in [0.25, 0.3) is 0 Å². The molecule has 21 heavy (non-hydrogen) atoms. The second kappa shape index (κ2) is 6.72. The Balaban J connectivity index is 2.24. The van der Waals surface area contributed by atoms with Gasteiger partial charge in [-0.25, -0.2) is 4.98 Å². The van der Waals surface area contributed by atoms with Gasteiger partial charge in [0.15, 0.2) is 5.13 Å². The molecule has 0 aliphatic heterocycles. The van der Waals surface area contributed by atoms with E-state index in [0.29, 0.717) is 6.54 Å². The molecule has 0 spiro atoms. The minimum Gasteiger partial charge on any atom is -0.481 e. The molecule has 0 unspecified atom stereocenters. The fourth-order valence-corrected chi connectivity index (χ4v) is 3.14. The van der Waals surface area contributed by atoms with Gasteiger partial charge in [-0.15, -0.1) is 11.3 Å². The van der Waals surface area contributed by atoms with E-state index in [1.807, 2.05) is 11.8 Å². The summed E-state index contributed by atoms with van der Waals surface area (Å²) in [6.45, 7) is 7.39. The van der Waals surface area contributed by atoms with Gasteiger partial charge in [0, 0.05) is 23.5 Å². The third kappa shape index (κ3) is 3.82. The molecule has 1 N–H and O–H groups in total. The lowest BCUT2D eigenvalue weighted by Crippen LogP contribution is -2.25. The molecule has 1 aromatic carbocycles. The predicted octanol–water partition coefficient (Wildman–Crippen LogP) is 3.73. The van der Waals surface area contributed by atoms with E-state index in [1.54, 1.807) is 11.3 Å². The van der Waals surface area contributed by atoms with Crippen molar-refractivity contribution in [2.24, 2.45) is 0 Å². The van der Waals surface area contributed by atoms with E-state index in [2.05, 4.69) is 38.1 Å². The van der Waals surface area contributed by atoms with Crippen LogP contribution in [0.15, 0.2) is 24.3 Å². The summed E-state index contributed by atoms with van der Waals surface area (Å²) in [4.78, 5) is 18.6. The first-order valence-corrected chi connectivity index (χ1v) is 7.84. The molecule has 2 rings (SSSR count). The summed E-state index contributed by atoms with van der Waals surface area (Å²) in [7, 11) is 0. The Morgan fingerprint density at radius 1 is 1.29 bits per heavy atom. The zero-order chi connectivity index (χ0) is 15.4. The monoisotopic (exact) mass is 304 g/mol. The molecule has 4 nitrogen and oxygen atoms in total. The highest BCUT2D eigenvalue weighted by Crippen LogP contribution is 2.32. The summed E-state index contributed by atoms with van der Waals surface area (Å²) in [6.07, 6.45) is 0.131. The molecule has 5 heteroatoms. The van der Waals surface area contributed by atoms with Crippen LogP contribution in [0, 0.1) is 13.8 Å². The third-order valence-corrected chi connectivity index (χ3v) is 4.39. The first kappa shape index (κ1) is 15.5. The van der Waals surface area contributed by atoms with Crippen LogP contribution < -0.4 is 4.90 Å². The van der Waals surface area contributed by atoms with Crippen LogP contribution in [0.5, 0.6) is 0 Å². The van der Waals surface area contributed by atoms with Crippen molar-refractivity contribution in [3.05, 3.63) is 34.7 Å². The summed E-state index contributed by atoms with van der Waals surface area (Å²) in [5.74, 6) is -0.777. The van der Waals surface area contributed by atoms with E-state index in [1.165, 1.54) is 5.56 Å². The number of aliphatic carboxylic acids is 1. The van der Waals surface area contributed by atoms with E-state index in [4.69, 9.17) is 10.1 Å². The van der Waals surface area contributed by atoms with Crippen LogP contribution in [0.1, 0.15) is 23.8 Å². The molecule has 0 amide bonds. The maximum Gasteiger partial charge on any atom is 0.305 e. The standard InChI is InChI=1S/C16H20N2O2S/c1-4-18(10-9-14(19)20)16-17-15(12(3)21-16)13-7-5-11(2)6-8-13/h5-8H,4,9-10H2,1-3H3,(H,19,20). The average molecular weight is 304 g/mol. The van der Waals surface area contributed by atoms with Crippen LogP contribution in [-0.2, 0) is 4.79 Å². The molecular formula is C16H20N2O2S. The van der Waals surface area contributed by atoms with Gasteiger partial charge in [-0.1, -0.05) is 29.8 Å². The number of hydrogen-bond acceptors (Lipinski definition) is 4. The first-order valence-electron chi connectivity index (χ1n) is 7.02. The summed E-state index contributed by atoms with van der Waals surface area (Å²) in [5.41, 5.74) is 3.32. The smallest absolute Gasteiger partial charge is 0.305 e. The summed E-state index contributed by atoms with van der Waals surface area (Å²) >= 11 is 1.62. The van der Waals surface area contributed by atoms with Gasteiger partial charge >= 0.3 is 5.97 Å². The highest BCUT2D eigenvalue weighted by molar-refractivity contribution is 7.16. The molecular weight excluding hydrogens is 284 g/mol. The van der Waals surface area contributed by atoms with Gasteiger partial charge < -0.3 is 10.0 Å². The molecule has 2 aromatic rings. The molecule has 0 saturated carbocycles. The quantitative estimate of drug-likeness (QED) is 0.883. The number of nitrogens with zero attached hydrogens (tertiary/aromatic N) is 2. The number of thiazole rings is 1. The average Bonchev–Trinajstić information content (AvgIpc) is 2.82. The largest absolute Gasteiger partial charge is 0.481 e. The highest BCUT2D eigenvalue weighted by Gasteiger charge is 2.15. The Bertz CT molecular complexity index is 620. The maximum atomic E-state index is 10.7. The van der Waals surface area contributed by atoms with E-state index >= 15 is 0 Å². The molecule has 1 aromatic heterocycles. The zero-order valence-corrected chi connectivity index (χ0v) is 13.4. The van der Waals surface area contributed by atoms with Gasteiger partial charge in [0.2, 0.25) is 0 Å². The number of carboxylic acids is 1. The van der Waals surface area contributed by atoms with Gasteiger partial charge in [-0.3, -0.25) is 4.79 Å². The van der Waals surface area contributed by atoms with Crippen molar-refractivity contribution in [3.8, 4) is 11.3 Å². The van der Waals surface area contributed by atoms with Crippen LogP contribution in [0.4, 0.5) is 5.13 Å². The molecule has 0 saturated heterocycles. The van der Waals surface area contributed by atoms with Crippen molar-refractivity contribution >= 4 is 22.4 Å². The van der Waals surface area contributed by atoms with Crippen LogP contribution >= 0.6 is 11.3 Å². The summed E-state index contributed by atoms with van der Waals surface area (Å²) in [6, 6.07) is 8.31. The molecule has 0 bridgehead atoms. The number of carboxylic acid groups (broad SMARTS) is 1. The number of rotatable bonds is 6. The molecule has 0 radical (unpaired) electrons. The number of aryl methyl sites for hydroxylation is 2. The van der Waals surface area contributed by atoms with Crippen molar-refractivity contribution in [2.75, 3.05) is 18.0 Å². The van der Waals surface area contributed by atoms with Crippen LogP contribution in [0.25, 0.3) is 11.3 Å². The fraction of sp³-hybridized carbons (Fsp3) is 0.375. The first-order chi connectivity index (χ1) is 10.0. The summed E-state index contributed by atoms with van der Waals surface area (Å²) in [5, 5.41) is 9.72. The summed E-state index contributed by atoms with van der Waals surface area (Å²) < 4.78 is 0. The van der Waals surface area contributed by atoms with Crippen LogP contribution in [-0.4, -0.2) is 29.1 Å². The van der Waals surface area contributed by atoms with Gasteiger partial charge in [0.1, 0.15) is 0 Å². The normalized spacial score (nSPS) is 10.6. The van der Waals surface area contributed by atoms with Crippen molar-refractivity contribution in [2.45, 2.75) is 27.2 Å². The van der Waals surface area contributed by atoms with Gasteiger partial charge in [-0.2, -0.15) is 0 Å². The maximum absolute atomic E-state index is 10.7. The molecule has 1 heterocycles. The Labute approximate surface area is 129 Å². The van der Waals surface area contributed by atoms with Crippen LogP contribution in [0.3, 0.4) is 0 Å². The van der Waals surface area contributed by atoms with Gasteiger partial charge in [-0.05, 0) is 20.8 Å². The van der Waals surface area contributed by atoms with E-state index in [0.717, 1.165) is 27.8 Å². The lowest BCUT2D eigenvalue weighted by Gasteiger charge is -2.18. The number of benzene rings is 1. The Kier molecular flexibility index (Phi) is 4.96. The molecule has 0 atom stereocenters. The lowest BCUT2D eigenvalue weighted by molar-refractivity contribution is -0.136. The topological polar surface area (TPSA) is 53.4 Å². The Morgan fingerprint density at radius 3 is 2.52 bits per heavy atom. The van der Waals surface area contributed by atoms with Crippen molar-refractivity contribution in [3.63, 3.8) is 0 Å². The van der Waals surface area contributed by atoms with E-state index in [-0.39, 0.29) is 6.42 Å². The minimum absolute atomic E-state index is 0.131. The van der Waals surface area contributed by atoms with Crippen molar-refractivity contribution in [1.29, 1.82) is 0 Å². The predicted molar refractivity (Wildman–Crippen MR) is 87.2 cm³/mol. The van der Waals surface area contributed by atoms with Gasteiger partial charge in [0.05, 0.1) is 12.1 Å². The second-order valence-electron chi connectivity index (χ2n) is 4.99. The number of hydrogen-bond donors (Lipinski definition) is 1. The number of aromatic nitrogens is 1. The Morgan fingerprint density at radius 2 is 1.95 bits per heavy atom. The zero-order valence-electron chi connectivity index (χ0n) is 12.6. The molecule has 0 aliphatic rings.